The van der Waals surface area contributed by atoms with E-state index >= 15 is 0 Å². The van der Waals surface area contributed by atoms with Crippen LogP contribution < -0.4 is 0 Å². The van der Waals surface area contributed by atoms with Gasteiger partial charge >= 0.3 is 17.9 Å². The molecule has 0 spiro atoms. The molecule has 0 bridgehead atoms. The molecule has 0 radical (unpaired) electrons. The number of carbonyl (C=O) groups is 3. The Balaban J connectivity index is 4.34. The molecule has 0 heterocycles. The zero-order valence-electron chi connectivity index (χ0n) is 54.2. The largest absolute Gasteiger partial charge is 0.462 e. The molecule has 0 aromatic heterocycles. The van der Waals surface area contributed by atoms with E-state index in [0.29, 0.717) is 19.3 Å². The molecule has 0 fully saturated rings. The first-order valence-corrected chi connectivity index (χ1v) is 35.2. The van der Waals surface area contributed by atoms with E-state index in [4.69, 9.17) is 14.2 Å². The summed E-state index contributed by atoms with van der Waals surface area (Å²) >= 11 is 0. The van der Waals surface area contributed by atoms with Gasteiger partial charge in [0.2, 0.25) is 0 Å². The zero-order valence-corrected chi connectivity index (χ0v) is 54.2. The molecule has 0 N–H and O–H groups in total. The number of hydrogen-bond acceptors (Lipinski definition) is 6. The number of unbranched alkanes of at least 4 members (excludes halogenated alkanes) is 37. The van der Waals surface area contributed by atoms with Crippen molar-refractivity contribution in [3.05, 3.63) is 97.2 Å². The SMILES string of the molecule is CC/C=C\C/C=C\C/C=C\C/C=C\C/C=C\C/C=C\CCC(=O)OC(COC(=O)CCCCCCC/C=C\CCCCCCCCC)COC(=O)CCCCCCCCCCCCCCCCCCC/C=C\CCCCCCCCCC. The van der Waals surface area contributed by atoms with Gasteiger partial charge in [0.15, 0.2) is 6.10 Å². The van der Waals surface area contributed by atoms with Gasteiger partial charge in [0.05, 0.1) is 0 Å². The monoisotopic (exact) mass is 1140 g/mol. The second kappa shape index (κ2) is 69.8. The van der Waals surface area contributed by atoms with E-state index in [2.05, 4.69) is 112 Å². The third-order valence-electron chi connectivity index (χ3n) is 15.3. The lowest BCUT2D eigenvalue weighted by Crippen LogP contribution is -2.30. The fourth-order valence-corrected chi connectivity index (χ4v) is 10.0. The predicted octanol–water partition coefficient (Wildman–Crippen LogP) is 24.4. The summed E-state index contributed by atoms with van der Waals surface area (Å²) < 4.78 is 16.9. The number of hydrogen-bond donors (Lipinski definition) is 0. The molecule has 0 amide bonds. The fourth-order valence-electron chi connectivity index (χ4n) is 10.0. The van der Waals surface area contributed by atoms with E-state index in [-0.39, 0.29) is 31.6 Å². The van der Waals surface area contributed by atoms with Gasteiger partial charge in [-0.3, -0.25) is 14.4 Å². The van der Waals surface area contributed by atoms with Crippen LogP contribution in [0, 0.1) is 0 Å². The summed E-state index contributed by atoms with van der Waals surface area (Å²) in [6.45, 7) is 6.50. The summed E-state index contributed by atoms with van der Waals surface area (Å²) in [4.78, 5) is 38.4. The van der Waals surface area contributed by atoms with E-state index in [1.807, 2.05) is 6.08 Å². The second-order valence-electron chi connectivity index (χ2n) is 23.4. The summed E-state index contributed by atoms with van der Waals surface area (Å²) in [5.74, 6) is -0.987. The van der Waals surface area contributed by atoms with Gasteiger partial charge in [-0.15, -0.1) is 0 Å². The Morgan fingerprint density at radius 3 is 0.793 bits per heavy atom. The Morgan fingerprint density at radius 2 is 0.500 bits per heavy atom. The fraction of sp³-hybridized carbons (Fsp3) is 0.750. The lowest BCUT2D eigenvalue weighted by atomic mass is 10.0. The maximum absolute atomic E-state index is 12.9. The van der Waals surface area contributed by atoms with Crippen LogP contribution in [0.5, 0.6) is 0 Å². The van der Waals surface area contributed by atoms with Crippen molar-refractivity contribution in [2.45, 2.75) is 354 Å². The molecule has 6 heteroatoms. The van der Waals surface area contributed by atoms with Gasteiger partial charge in [-0.2, -0.15) is 0 Å². The lowest BCUT2D eigenvalue weighted by Gasteiger charge is -2.18. The Kier molecular flexibility index (Phi) is 66.7. The predicted molar refractivity (Wildman–Crippen MR) is 357 cm³/mol. The van der Waals surface area contributed by atoms with E-state index < -0.39 is 12.1 Å². The van der Waals surface area contributed by atoms with E-state index in [9.17, 15) is 14.4 Å². The number of allylic oxidation sites excluding steroid dienone is 16. The molecule has 0 saturated heterocycles. The third-order valence-corrected chi connectivity index (χ3v) is 15.3. The Morgan fingerprint density at radius 1 is 0.256 bits per heavy atom. The van der Waals surface area contributed by atoms with Crippen molar-refractivity contribution < 1.29 is 28.6 Å². The van der Waals surface area contributed by atoms with Crippen molar-refractivity contribution in [1.29, 1.82) is 0 Å². The Hall–Kier alpha value is -3.67. The van der Waals surface area contributed by atoms with Crippen LogP contribution in [0.1, 0.15) is 348 Å². The van der Waals surface area contributed by atoms with Crippen molar-refractivity contribution in [2.75, 3.05) is 13.2 Å². The molecule has 0 aliphatic carbocycles. The minimum Gasteiger partial charge on any atom is -0.462 e. The van der Waals surface area contributed by atoms with Crippen molar-refractivity contribution in [2.24, 2.45) is 0 Å². The summed E-state index contributed by atoms with van der Waals surface area (Å²) in [6.07, 6.45) is 94.6. The molecular weight excluding hydrogens is 1010 g/mol. The first-order valence-electron chi connectivity index (χ1n) is 35.2. The summed E-state index contributed by atoms with van der Waals surface area (Å²) in [6, 6.07) is 0. The first kappa shape index (κ1) is 78.3. The molecule has 0 rings (SSSR count). The highest BCUT2D eigenvalue weighted by molar-refractivity contribution is 5.71. The number of esters is 3. The van der Waals surface area contributed by atoms with Crippen LogP contribution in [0.15, 0.2) is 97.2 Å². The van der Waals surface area contributed by atoms with Gasteiger partial charge in [0, 0.05) is 19.3 Å². The van der Waals surface area contributed by atoms with Gasteiger partial charge < -0.3 is 14.2 Å². The van der Waals surface area contributed by atoms with Gasteiger partial charge in [-0.1, -0.05) is 317 Å². The van der Waals surface area contributed by atoms with Crippen molar-refractivity contribution >= 4 is 17.9 Å². The molecule has 6 nitrogen and oxygen atoms in total. The zero-order chi connectivity index (χ0) is 59.2. The Labute approximate surface area is 508 Å². The molecule has 0 aromatic carbocycles. The normalized spacial score (nSPS) is 12.7. The van der Waals surface area contributed by atoms with Gasteiger partial charge in [0.1, 0.15) is 13.2 Å². The molecule has 0 saturated carbocycles. The molecule has 0 aliphatic heterocycles. The van der Waals surface area contributed by atoms with E-state index in [1.165, 1.54) is 212 Å². The maximum Gasteiger partial charge on any atom is 0.306 e. The van der Waals surface area contributed by atoms with Crippen molar-refractivity contribution in [3.63, 3.8) is 0 Å². The molecular formula is C76H132O6. The maximum atomic E-state index is 12.9. The summed E-state index contributed by atoms with van der Waals surface area (Å²) in [7, 11) is 0. The van der Waals surface area contributed by atoms with E-state index in [1.54, 1.807) is 0 Å². The van der Waals surface area contributed by atoms with Crippen LogP contribution in [-0.2, 0) is 28.6 Å². The van der Waals surface area contributed by atoms with Crippen LogP contribution in [-0.4, -0.2) is 37.2 Å². The van der Waals surface area contributed by atoms with Crippen LogP contribution in [0.3, 0.4) is 0 Å². The van der Waals surface area contributed by atoms with Crippen molar-refractivity contribution in [1.82, 2.24) is 0 Å². The average Bonchev–Trinajstić information content (AvgIpc) is 3.47. The highest BCUT2D eigenvalue weighted by atomic mass is 16.6. The minimum absolute atomic E-state index is 0.108. The quantitative estimate of drug-likeness (QED) is 0.0261. The third kappa shape index (κ3) is 67.1. The number of rotatable bonds is 64. The number of carbonyl (C=O) groups excluding carboxylic acids is 3. The molecule has 82 heavy (non-hydrogen) atoms. The molecule has 0 aliphatic rings. The van der Waals surface area contributed by atoms with Gasteiger partial charge in [-0.05, 0) is 109 Å². The molecule has 0 aromatic rings. The van der Waals surface area contributed by atoms with Crippen LogP contribution in [0.25, 0.3) is 0 Å². The van der Waals surface area contributed by atoms with E-state index in [0.717, 1.165) is 89.9 Å². The Bertz CT molecular complexity index is 1590. The van der Waals surface area contributed by atoms with Crippen LogP contribution in [0.4, 0.5) is 0 Å². The lowest BCUT2D eigenvalue weighted by molar-refractivity contribution is -0.166. The van der Waals surface area contributed by atoms with Crippen LogP contribution in [0.2, 0.25) is 0 Å². The molecule has 472 valence electrons. The molecule has 1 atom stereocenters. The minimum atomic E-state index is -0.823. The smallest absolute Gasteiger partial charge is 0.306 e. The van der Waals surface area contributed by atoms with Crippen LogP contribution >= 0.6 is 0 Å². The van der Waals surface area contributed by atoms with Gasteiger partial charge in [0.25, 0.3) is 0 Å². The van der Waals surface area contributed by atoms with Gasteiger partial charge in [-0.25, -0.2) is 0 Å². The highest BCUT2D eigenvalue weighted by Crippen LogP contribution is 2.17. The molecule has 1 unspecified atom stereocenters. The topological polar surface area (TPSA) is 78.9 Å². The summed E-state index contributed by atoms with van der Waals surface area (Å²) in [5, 5.41) is 0. The van der Waals surface area contributed by atoms with Crippen molar-refractivity contribution in [3.8, 4) is 0 Å². The second-order valence-corrected chi connectivity index (χ2v) is 23.4. The highest BCUT2D eigenvalue weighted by Gasteiger charge is 2.19. The average molecular weight is 1140 g/mol. The summed E-state index contributed by atoms with van der Waals surface area (Å²) in [5.41, 5.74) is 0. The number of ether oxygens (including phenoxy) is 3. The first-order chi connectivity index (χ1) is 40.5. The standard InChI is InChI=1S/C76H132O6/c1-4-7-10-13-16-19-22-25-28-31-33-34-35-36-37-38-39-40-41-42-44-45-48-51-54-57-60-63-66-69-75(78)81-72-73(71-80-74(77)68-65-62-59-56-53-50-47-30-27-24-21-18-15-12-9-6-3)82-76(79)70-67-64-61-58-55-52-49-46-43-32-29-26-23-20-17-14-11-8-5-2/h8,11,17,20,26,29-31,33,43,46-47,52,55,61,64,73H,4-7,9-10,12-16,18-19,21-25,27-28,32,34-42,44-45,48-51,53-54,56-60,62-63,65-72H2,1-3H3/b11-8-,20-17-,29-26-,33-31-,46-43-,47-30-,55-52-,64-61-.